The first-order valence-corrected chi connectivity index (χ1v) is 6.56. The molecular weight excluding hydrogens is 220 g/mol. The van der Waals surface area contributed by atoms with Crippen molar-refractivity contribution in [1.29, 1.82) is 0 Å². The van der Waals surface area contributed by atoms with Gasteiger partial charge in [-0.15, -0.1) is 11.3 Å². The zero-order valence-corrected chi connectivity index (χ0v) is 10.1. The standard InChI is InChI=1S/C11H18N4S/c12-15-11(14-9-4-1-2-5-9)13-8-10-6-3-7-16-10/h3,6-7,9H,1-2,4-5,8,12H2,(H2,13,14,15). The summed E-state index contributed by atoms with van der Waals surface area (Å²) in [5.74, 6) is 6.16. The molecule has 0 spiro atoms. The van der Waals surface area contributed by atoms with Crippen molar-refractivity contribution in [3.63, 3.8) is 0 Å². The average Bonchev–Trinajstić information content (AvgIpc) is 2.97. The highest BCUT2D eigenvalue weighted by Crippen LogP contribution is 2.17. The van der Waals surface area contributed by atoms with Crippen molar-refractivity contribution in [2.75, 3.05) is 0 Å². The predicted molar refractivity (Wildman–Crippen MR) is 68.2 cm³/mol. The van der Waals surface area contributed by atoms with Gasteiger partial charge < -0.3 is 5.32 Å². The minimum atomic E-state index is 0.540. The third kappa shape index (κ3) is 3.21. The van der Waals surface area contributed by atoms with Gasteiger partial charge in [0, 0.05) is 10.9 Å². The SMILES string of the molecule is NNC(=NCc1cccs1)NC1CCCC1. The fourth-order valence-electron chi connectivity index (χ4n) is 1.96. The maximum Gasteiger partial charge on any atom is 0.206 e. The molecule has 1 aromatic heterocycles. The maximum atomic E-state index is 5.45. The molecule has 0 saturated heterocycles. The van der Waals surface area contributed by atoms with Crippen LogP contribution in [0.2, 0.25) is 0 Å². The summed E-state index contributed by atoms with van der Waals surface area (Å²) in [4.78, 5) is 5.68. The van der Waals surface area contributed by atoms with Gasteiger partial charge in [0.25, 0.3) is 0 Å². The number of hydrogen-bond acceptors (Lipinski definition) is 3. The average molecular weight is 238 g/mol. The third-order valence-corrected chi connectivity index (χ3v) is 3.67. The van der Waals surface area contributed by atoms with Crippen LogP contribution < -0.4 is 16.6 Å². The molecule has 1 aliphatic rings. The van der Waals surface area contributed by atoms with Crippen molar-refractivity contribution in [2.45, 2.75) is 38.3 Å². The Balaban J connectivity index is 1.85. The highest BCUT2D eigenvalue weighted by Gasteiger charge is 2.15. The molecule has 1 fully saturated rings. The smallest absolute Gasteiger partial charge is 0.206 e. The minimum Gasteiger partial charge on any atom is -0.353 e. The fourth-order valence-corrected chi connectivity index (χ4v) is 2.58. The van der Waals surface area contributed by atoms with Crippen LogP contribution in [-0.4, -0.2) is 12.0 Å². The Kier molecular flexibility index (Phi) is 4.18. The second-order valence-electron chi connectivity index (χ2n) is 4.01. The zero-order chi connectivity index (χ0) is 11.2. The summed E-state index contributed by atoms with van der Waals surface area (Å²) in [6.07, 6.45) is 5.06. The number of guanidine groups is 1. The molecule has 0 aliphatic heterocycles. The molecule has 1 aliphatic carbocycles. The monoisotopic (exact) mass is 238 g/mol. The van der Waals surface area contributed by atoms with Crippen molar-refractivity contribution in [3.05, 3.63) is 22.4 Å². The van der Waals surface area contributed by atoms with Gasteiger partial charge in [-0.3, -0.25) is 5.43 Å². The van der Waals surface area contributed by atoms with Gasteiger partial charge in [0.2, 0.25) is 5.96 Å². The first kappa shape index (κ1) is 11.4. The number of nitrogens with zero attached hydrogens (tertiary/aromatic N) is 1. The number of thiophene rings is 1. The number of aliphatic imine (C=N–C) groups is 1. The van der Waals surface area contributed by atoms with Gasteiger partial charge in [-0.2, -0.15) is 0 Å². The van der Waals surface area contributed by atoms with Crippen LogP contribution in [0.5, 0.6) is 0 Å². The van der Waals surface area contributed by atoms with Gasteiger partial charge in [-0.05, 0) is 24.3 Å². The van der Waals surface area contributed by atoms with E-state index in [1.165, 1.54) is 30.6 Å². The summed E-state index contributed by atoms with van der Waals surface area (Å²) in [6, 6.07) is 4.66. The molecule has 1 aromatic rings. The van der Waals surface area contributed by atoms with E-state index < -0.39 is 0 Å². The lowest BCUT2D eigenvalue weighted by molar-refractivity contribution is 0.614. The number of hydrogen-bond donors (Lipinski definition) is 3. The van der Waals surface area contributed by atoms with Crippen molar-refractivity contribution < 1.29 is 0 Å². The van der Waals surface area contributed by atoms with Crippen molar-refractivity contribution in [3.8, 4) is 0 Å². The lowest BCUT2D eigenvalue weighted by Gasteiger charge is -2.14. The van der Waals surface area contributed by atoms with E-state index in [-0.39, 0.29) is 0 Å². The minimum absolute atomic E-state index is 0.540. The fraction of sp³-hybridized carbons (Fsp3) is 0.545. The molecule has 1 heterocycles. The van der Waals surface area contributed by atoms with Crippen molar-refractivity contribution in [1.82, 2.24) is 10.7 Å². The Morgan fingerprint density at radius 1 is 1.50 bits per heavy atom. The Labute approximate surface area is 99.9 Å². The molecule has 2 rings (SSSR count). The van der Waals surface area contributed by atoms with Gasteiger partial charge in [0.05, 0.1) is 6.54 Å². The van der Waals surface area contributed by atoms with E-state index in [0.717, 1.165) is 0 Å². The predicted octanol–water partition coefficient (Wildman–Crippen LogP) is 1.60. The maximum absolute atomic E-state index is 5.45. The molecule has 4 N–H and O–H groups in total. The Hall–Kier alpha value is -1.07. The van der Waals surface area contributed by atoms with Crippen LogP contribution in [0.4, 0.5) is 0 Å². The molecule has 0 unspecified atom stereocenters. The van der Waals surface area contributed by atoms with Gasteiger partial charge in [0.1, 0.15) is 0 Å². The normalized spacial score (nSPS) is 17.7. The van der Waals surface area contributed by atoms with Crippen LogP contribution in [0.3, 0.4) is 0 Å². The van der Waals surface area contributed by atoms with E-state index >= 15 is 0 Å². The van der Waals surface area contributed by atoms with E-state index in [9.17, 15) is 0 Å². The summed E-state index contributed by atoms with van der Waals surface area (Å²) in [5, 5.41) is 5.41. The van der Waals surface area contributed by atoms with Crippen molar-refractivity contribution >= 4 is 17.3 Å². The summed E-state index contributed by atoms with van der Waals surface area (Å²) in [5.41, 5.74) is 2.63. The summed E-state index contributed by atoms with van der Waals surface area (Å²) < 4.78 is 0. The van der Waals surface area contributed by atoms with E-state index in [4.69, 9.17) is 5.84 Å². The quantitative estimate of drug-likeness (QED) is 0.324. The summed E-state index contributed by atoms with van der Waals surface area (Å²) in [6.45, 7) is 0.691. The molecule has 1 saturated carbocycles. The molecule has 0 amide bonds. The molecule has 0 bridgehead atoms. The van der Waals surface area contributed by atoms with Crippen LogP contribution in [0.15, 0.2) is 22.5 Å². The second kappa shape index (κ2) is 5.86. The van der Waals surface area contributed by atoms with Crippen LogP contribution in [0.1, 0.15) is 30.6 Å². The Morgan fingerprint density at radius 3 is 2.94 bits per heavy atom. The molecule has 0 radical (unpaired) electrons. The van der Waals surface area contributed by atoms with E-state index in [2.05, 4.69) is 27.2 Å². The largest absolute Gasteiger partial charge is 0.353 e. The van der Waals surface area contributed by atoms with Gasteiger partial charge in [-0.1, -0.05) is 18.9 Å². The van der Waals surface area contributed by atoms with E-state index in [0.29, 0.717) is 18.5 Å². The second-order valence-corrected chi connectivity index (χ2v) is 5.05. The zero-order valence-electron chi connectivity index (χ0n) is 9.28. The number of nitrogens with one attached hydrogen (secondary N) is 2. The van der Waals surface area contributed by atoms with Crippen LogP contribution in [0.25, 0.3) is 0 Å². The molecule has 4 nitrogen and oxygen atoms in total. The van der Waals surface area contributed by atoms with E-state index in [1.807, 2.05) is 6.07 Å². The van der Waals surface area contributed by atoms with Crippen molar-refractivity contribution in [2.24, 2.45) is 10.8 Å². The molecule has 0 atom stereocenters. The molecule has 5 heteroatoms. The summed E-state index contributed by atoms with van der Waals surface area (Å²) >= 11 is 1.71. The molecule has 0 aromatic carbocycles. The highest BCUT2D eigenvalue weighted by atomic mass is 32.1. The molecular formula is C11H18N4S. The van der Waals surface area contributed by atoms with Crippen LogP contribution in [0, 0.1) is 0 Å². The first-order chi connectivity index (χ1) is 7.88. The lowest BCUT2D eigenvalue weighted by atomic mass is 10.2. The van der Waals surface area contributed by atoms with Gasteiger partial charge >= 0.3 is 0 Å². The molecule has 88 valence electrons. The van der Waals surface area contributed by atoms with Crippen LogP contribution in [-0.2, 0) is 6.54 Å². The Bertz CT molecular complexity index is 328. The Morgan fingerprint density at radius 2 is 2.31 bits per heavy atom. The highest BCUT2D eigenvalue weighted by molar-refractivity contribution is 7.09. The lowest BCUT2D eigenvalue weighted by Crippen LogP contribution is -2.45. The number of hydrazine groups is 1. The van der Waals surface area contributed by atoms with E-state index in [1.54, 1.807) is 11.3 Å². The molecule has 16 heavy (non-hydrogen) atoms. The number of nitrogens with two attached hydrogens (primary N) is 1. The van der Waals surface area contributed by atoms with Gasteiger partial charge in [-0.25, -0.2) is 10.8 Å². The number of rotatable bonds is 3. The first-order valence-electron chi connectivity index (χ1n) is 5.68. The summed E-state index contributed by atoms with van der Waals surface area (Å²) in [7, 11) is 0. The third-order valence-electron chi connectivity index (χ3n) is 2.81. The van der Waals surface area contributed by atoms with Crippen LogP contribution >= 0.6 is 11.3 Å². The topological polar surface area (TPSA) is 62.4 Å². The van der Waals surface area contributed by atoms with Gasteiger partial charge in [0.15, 0.2) is 0 Å².